The third-order valence-electron chi connectivity index (χ3n) is 4.35. The van der Waals surface area contributed by atoms with Gasteiger partial charge in [0.05, 0.1) is 6.54 Å². The number of halogens is 2. The van der Waals surface area contributed by atoms with E-state index < -0.39 is 46.5 Å². The van der Waals surface area contributed by atoms with E-state index in [9.17, 15) is 24.3 Å². The summed E-state index contributed by atoms with van der Waals surface area (Å²) < 4.78 is 0. The second-order valence-corrected chi connectivity index (χ2v) is 8.46. The molecule has 0 radical (unpaired) electrons. The van der Waals surface area contributed by atoms with Crippen molar-refractivity contribution in [2.75, 3.05) is 17.2 Å². The zero-order chi connectivity index (χ0) is 19.9. The summed E-state index contributed by atoms with van der Waals surface area (Å²) in [7, 11) is 0. The number of rotatable bonds is 5. The van der Waals surface area contributed by atoms with E-state index in [1.54, 1.807) is 0 Å². The number of carbonyl (C=O) groups excluding carboxylic acids is 2. The molecular formula is C16H14Cl2N2O6S. The van der Waals surface area contributed by atoms with Gasteiger partial charge in [0.2, 0.25) is 11.8 Å². The van der Waals surface area contributed by atoms with Crippen LogP contribution in [0.4, 0.5) is 5.69 Å². The van der Waals surface area contributed by atoms with Crippen molar-refractivity contribution in [2.24, 2.45) is 0 Å². The minimum Gasteiger partial charge on any atom is -0.481 e. The van der Waals surface area contributed by atoms with Crippen molar-refractivity contribution in [2.45, 2.75) is 22.7 Å². The molecule has 0 bridgehead atoms. The monoisotopic (exact) mass is 432 g/mol. The molecule has 27 heavy (non-hydrogen) atoms. The molecule has 2 aliphatic heterocycles. The third-order valence-corrected chi connectivity index (χ3v) is 6.69. The van der Waals surface area contributed by atoms with Gasteiger partial charge in [-0.3, -0.25) is 24.1 Å². The van der Waals surface area contributed by atoms with Gasteiger partial charge in [0.15, 0.2) is 4.87 Å². The molecule has 2 fully saturated rings. The number of aliphatic carboxylic acids is 2. The summed E-state index contributed by atoms with van der Waals surface area (Å²) in [6, 6.07) is 5.17. The summed E-state index contributed by atoms with van der Waals surface area (Å²) >= 11 is 13.1. The van der Waals surface area contributed by atoms with Gasteiger partial charge < -0.3 is 15.1 Å². The van der Waals surface area contributed by atoms with Crippen LogP contribution in [0.25, 0.3) is 0 Å². The number of alkyl halides is 1. The normalized spacial score (nSPS) is 26.7. The number of β-lactam (4-membered cyclic amide) rings is 1. The van der Waals surface area contributed by atoms with E-state index in [4.69, 9.17) is 28.3 Å². The molecule has 2 N–H and O–H groups in total. The summed E-state index contributed by atoms with van der Waals surface area (Å²) in [5, 5.41) is 18.1. The number of carboxylic acid groups (broad SMARTS) is 2. The predicted molar refractivity (Wildman–Crippen MR) is 99.2 cm³/mol. The Balaban J connectivity index is 1.89. The quantitative estimate of drug-likeness (QED) is 0.411. The number of hydrogen-bond acceptors (Lipinski definition) is 5. The van der Waals surface area contributed by atoms with Gasteiger partial charge in [-0.1, -0.05) is 11.6 Å². The van der Waals surface area contributed by atoms with Crippen LogP contribution in [0.1, 0.15) is 6.42 Å². The Hall–Kier alpha value is -1.97. The number of carbonyl (C=O) groups is 4. The summed E-state index contributed by atoms with van der Waals surface area (Å²) in [6.45, 7) is -0.182. The largest absolute Gasteiger partial charge is 0.481 e. The zero-order valence-corrected chi connectivity index (χ0v) is 16.0. The van der Waals surface area contributed by atoms with Crippen molar-refractivity contribution in [1.82, 2.24) is 4.90 Å². The first-order chi connectivity index (χ1) is 12.6. The topological polar surface area (TPSA) is 115 Å². The lowest BCUT2D eigenvalue weighted by Gasteiger charge is -2.55. The molecule has 2 aliphatic rings. The van der Waals surface area contributed by atoms with Crippen molar-refractivity contribution in [3.05, 3.63) is 29.3 Å². The van der Waals surface area contributed by atoms with E-state index in [2.05, 4.69) is 0 Å². The maximum absolute atomic E-state index is 12.7. The fraction of sp³-hybridized carbons (Fsp3) is 0.375. The lowest BCUT2D eigenvalue weighted by atomic mass is 9.99. The van der Waals surface area contributed by atoms with Gasteiger partial charge in [0, 0.05) is 16.5 Å². The highest BCUT2D eigenvalue weighted by molar-refractivity contribution is 8.00. The highest BCUT2D eigenvalue weighted by Crippen LogP contribution is 2.44. The molecule has 0 aliphatic carbocycles. The van der Waals surface area contributed by atoms with Crippen LogP contribution in [0.5, 0.6) is 0 Å². The first-order valence-corrected chi connectivity index (χ1v) is 9.58. The van der Waals surface area contributed by atoms with Crippen molar-refractivity contribution in [3.63, 3.8) is 0 Å². The molecule has 11 heteroatoms. The van der Waals surface area contributed by atoms with Crippen molar-refractivity contribution in [1.29, 1.82) is 0 Å². The van der Waals surface area contributed by atoms with E-state index in [-0.39, 0.29) is 12.3 Å². The Morgan fingerprint density at radius 3 is 2.44 bits per heavy atom. The molecule has 3 rings (SSSR count). The maximum Gasteiger partial charge on any atom is 0.327 e. The van der Waals surface area contributed by atoms with Crippen molar-refractivity contribution in [3.8, 4) is 0 Å². The number of amides is 2. The first-order valence-electron chi connectivity index (χ1n) is 7.78. The number of benzene rings is 1. The van der Waals surface area contributed by atoms with E-state index in [1.807, 2.05) is 0 Å². The minimum atomic E-state index is -1.59. The number of anilines is 1. The third kappa shape index (κ3) is 3.59. The van der Waals surface area contributed by atoms with Gasteiger partial charge in [-0.15, -0.1) is 23.4 Å². The Morgan fingerprint density at radius 2 is 1.89 bits per heavy atom. The van der Waals surface area contributed by atoms with Crippen LogP contribution in [-0.2, 0) is 19.2 Å². The second-order valence-electron chi connectivity index (χ2n) is 6.19. The van der Waals surface area contributed by atoms with E-state index in [0.717, 1.165) is 16.7 Å². The predicted octanol–water partition coefficient (Wildman–Crippen LogP) is 1.49. The van der Waals surface area contributed by atoms with Crippen LogP contribution < -0.4 is 4.90 Å². The average molecular weight is 433 g/mol. The summed E-state index contributed by atoms with van der Waals surface area (Å²) in [5.41, 5.74) is 0.338. The average Bonchev–Trinajstić information content (AvgIpc) is 2.60. The molecule has 0 saturated carbocycles. The molecule has 1 aromatic carbocycles. The van der Waals surface area contributed by atoms with Crippen molar-refractivity contribution < 1.29 is 29.4 Å². The molecule has 8 nitrogen and oxygen atoms in total. The number of hydrogen-bond donors (Lipinski definition) is 2. The van der Waals surface area contributed by atoms with Crippen molar-refractivity contribution >= 4 is 64.4 Å². The number of thioether (sulfide) groups is 1. The van der Waals surface area contributed by atoms with E-state index >= 15 is 0 Å². The van der Waals surface area contributed by atoms with Crippen LogP contribution in [0.3, 0.4) is 0 Å². The Kier molecular flexibility index (Phi) is 5.29. The highest BCUT2D eigenvalue weighted by atomic mass is 35.5. The Morgan fingerprint density at radius 1 is 1.26 bits per heavy atom. The number of nitrogens with zero attached hydrogens (tertiary/aromatic N) is 2. The van der Waals surface area contributed by atoms with Gasteiger partial charge in [-0.05, 0) is 24.3 Å². The smallest absolute Gasteiger partial charge is 0.327 e. The van der Waals surface area contributed by atoms with Gasteiger partial charge in [0.1, 0.15) is 17.8 Å². The first kappa shape index (κ1) is 19.8. The molecule has 2 amide bonds. The number of carboxylic acids is 2. The molecule has 2 unspecified atom stereocenters. The van der Waals surface area contributed by atoms with Crippen LogP contribution >= 0.6 is 35.0 Å². The maximum atomic E-state index is 12.7. The lowest BCUT2D eigenvalue weighted by molar-refractivity contribution is -0.151. The van der Waals surface area contributed by atoms with Gasteiger partial charge in [-0.25, -0.2) is 0 Å². The fourth-order valence-electron chi connectivity index (χ4n) is 3.03. The molecule has 1 aromatic rings. The van der Waals surface area contributed by atoms with Crippen LogP contribution in [0.15, 0.2) is 24.3 Å². The highest BCUT2D eigenvalue weighted by Gasteiger charge is 2.59. The Labute approximate surface area is 168 Å². The summed E-state index contributed by atoms with van der Waals surface area (Å²) in [5.74, 6) is -3.71. The summed E-state index contributed by atoms with van der Waals surface area (Å²) in [4.78, 5) is 48.4. The van der Waals surface area contributed by atoms with Gasteiger partial charge >= 0.3 is 11.9 Å². The molecule has 0 aromatic heterocycles. The van der Waals surface area contributed by atoms with E-state index in [0.29, 0.717) is 10.7 Å². The van der Waals surface area contributed by atoms with Gasteiger partial charge in [-0.2, -0.15) is 0 Å². The SMILES string of the molecule is O=C(O)CC(=O)N(c1ccc(Cl)cc1)C1C(=O)N2CC(Cl)(C(=O)O)CS[C@H]12. The molecular weight excluding hydrogens is 419 g/mol. The minimum absolute atomic E-state index is 0.0520. The molecule has 2 heterocycles. The lowest BCUT2D eigenvalue weighted by Crippen LogP contribution is -2.75. The molecule has 2 saturated heterocycles. The molecule has 0 spiro atoms. The molecule has 144 valence electrons. The molecule has 3 atom stereocenters. The second kappa shape index (κ2) is 7.21. The van der Waals surface area contributed by atoms with Crippen LogP contribution in [-0.4, -0.2) is 67.5 Å². The Bertz CT molecular complexity index is 820. The van der Waals surface area contributed by atoms with Crippen LogP contribution in [0.2, 0.25) is 5.02 Å². The van der Waals surface area contributed by atoms with Gasteiger partial charge in [0.25, 0.3) is 0 Å². The standard InChI is InChI=1S/C16H14Cl2N2O6S/c17-8-1-3-9(4-2-8)20(10(21)5-11(22)23)12-13(24)19-6-16(18,15(25)26)7-27-14(12)19/h1-4,12,14H,5-7H2,(H,22,23)(H,25,26)/t12?,14-,16?/m1/s1. The summed E-state index contributed by atoms with van der Waals surface area (Å²) in [6.07, 6.45) is -0.779. The number of fused-ring (bicyclic) bond motifs is 1. The van der Waals surface area contributed by atoms with Crippen LogP contribution in [0, 0.1) is 0 Å². The zero-order valence-electron chi connectivity index (χ0n) is 13.7. The van der Waals surface area contributed by atoms with E-state index in [1.165, 1.54) is 29.2 Å². The fourth-order valence-corrected chi connectivity index (χ4v) is 4.90.